The van der Waals surface area contributed by atoms with Crippen LogP contribution in [0, 0.1) is 5.92 Å². The highest BCUT2D eigenvalue weighted by molar-refractivity contribution is 6.31. The Hall–Kier alpha value is -1.84. The number of likely N-dealkylation sites (tertiary alicyclic amines) is 1. The molecule has 0 unspecified atom stereocenters. The van der Waals surface area contributed by atoms with Crippen LogP contribution in [0.2, 0.25) is 5.02 Å². The molecule has 3 rings (SSSR count). The van der Waals surface area contributed by atoms with E-state index < -0.39 is 0 Å². The number of piperidine rings is 1. The number of carbonyl (C=O) groups is 1. The monoisotopic (exact) mass is 344 g/mol. The van der Waals surface area contributed by atoms with Crippen molar-refractivity contribution in [1.82, 2.24) is 0 Å². The summed E-state index contributed by atoms with van der Waals surface area (Å²) >= 11 is 6.00. The van der Waals surface area contributed by atoms with Crippen molar-refractivity contribution in [1.29, 1.82) is 0 Å². The van der Waals surface area contributed by atoms with Gasteiger partial charge in [-0.25, -0.2) is 0 Å². The highest BCUT2D eigenvalue weighted by Crippen LogP contribution is 2.20. The predicted octanol–water partition coefficient (Wildman–Crippen LogP) is 3.03. The second kappa shape index (κ2) is 7.82. The first-order valence-electron chi connectivity index (χ1n) is 8.42. The van der Waals surface area contributed by atoms with Crippen molar-refractivity contribution in [3.05, 3.63) is 64.7 Å². The van der Waals surface area contributed by atoms with Gasteiger partial charge >= 0.3 is 0 Å². The van der Waals surface area contributed by atoms with Gasteiger partial charge in [0.1, 0.15) is 12.3 Å². The molecule has 0 saturated carbocycles. The van der Waals surface area contributed by atoms with E-state index in [1.54, 1.807) is 19.2 Å². The van der Waals surface area contributed by atoms with Gasteiger partial charge in [-0.1, -0.05) is 23.7 Å². The molecule has 1 saturated heterocycles. The predicted molar refractivity (Wildman–Crippen MR) is 95.9 cm³/mol. The van der Waals surface area contributed by atoms with E-state index in [4.69, 9.17) is 16.3 Å². The maximum absolute atomic E-state index is 12.6. The van der Waals surface area contributed by atoms with E-state index >= 15 is 0 Å². The molecule has 2 aromatic rings. The minimum absolute atomic E-state index is 0.128. The van der Waals surface area contributed by atoms with Gasteiger partial charge in [-0.2, -0.15) is 0 Å². The number of halogens is 1. The first-order valence-corrected chi connectivity index (χ1v) is 8.80. The van der Waals surface area contributed by atoms with E-state index in [1.165, 1.54) is 10.5 Å². The summed E-state index contributed by atoms with van der Waals surface area (Å²) in [4.78, 5) is 14.1. The highest BCUT2D eigenvalue weighted by Gasteiger charge is 2.28. The fourth-order valence-corrected chi connectivity index (χ4v) is 3.56. The zero-order valence-electron chi connectivity index (χ0n) is 13.9. The normalized spacial score (nSPS) is 20.6. The van der Waals surface area contributed by atoms with Crippen molar-refractivity contribution < 1.29 is 14.4 Å². The summed E-state index contributed by atoms with van der Waals surface area (Å²) in [6.07, 6.45) is 1.88. The van der Waals surface area contributed by atoms with Gasteiger partial charge in [0.15, 0.2) is 5.78 Å². The number of carbonyl (C=O) groups excluding carboxylic acids is 1. The number of methoxy groups -OCH3 is 1. The number of ether oxygens (including phenoxy) is 1. The van der Waals surface area contributed by atoms with Crippen molar-refractivity contribution in [2.45, 2.75) is 19.4 Å². The maximum atomic E-state index is 12.6. The Kier molecular flexibility index (Phi) is 5.54. The van der Waals surface area contributed by atoms with Crippen LogP contribution in [0.3, 0.4) is 0 Å². The topological polar surface area (TPSA) is 30.7 Å². The summed E-state index contributed by atoms with van der Waals surface area (Å²) in [7, 11) is 1.68. The third-order valence-electron chi connectivity index (χ3n) is 4.79. The Morgan fingerprint density at radius 2 is 1.88 bits per heavy atom. The Balaban J connectivity index is 1.54. The Morgan fingerprint density at radius 1 is 1.17 bits per heavy atom. The average molecular weight is 345 g/mol. The largest absolute Gasteiger partial charge is 0.497 e. The Labute approximate surface area is 148 Å². The highest BCUT2D eigenvalue weighted by atomic mass is 35.5. The molecule has 0 bridgehead atoms. The van der Waals surface area contributed by atoms with Crippen LogP contribution in [-0.2, 0) is 6.54 Å². The quantitative estimate of drug-likeness (QED) is 0.845. The van der Waals surface area contributed by atoms with Gasteiger partial charge in [-0.15, -0.1) is 0 Å². The van der Waals surface area contributed by atoms with Gasteiger partial charge in [-0.05, 0) is 36.4 Å². The standard InChI is InChI=1S/C20H22ClNO2/c1-24-19-7-5-15(6-8-19)14-22-11-9-16(10-12-22)20(23)17-3-2-4-18(21)13-17/h2-8,13,16H,9-12,14H2,1H3/p+1. The lowest BCUT2D eigenvalue weighted by molar-refractivity contribution is -0.919. The zero-order valence-corrected chi connectivity index (χ0v) is 14.7. The van der Waals surface area contributed by atoms with Crippen molar-refractivity contribution in [3.8, 4) is 5.75 Å². The first kappa shape index (κ1) is 17.0. The van der Waals surface area contributed by atoms with Crippen molar-refractivity contribution in [2.75, 3.05) is 20.2 Å². The van der Waals surface area contributed by atoms with Crippen molar-refractivity contribution in [2.24, 2.45) is 5.92 Å². The zero-order chi connectivity index (χ0) is 16.9. The van der Waals surface area contributed by atoms with E-state index in [-0.39, 0.29) is 11.7 Å². The lowest BCUT2D eigenvalue weighted by Crippen LogP contribution is -3.11. The Morgan fingerprint density at radius 3 is 2.50 bits per heavy atom. The van der Waals surface area contributed by atoms with E-state index in [1.807, 2.05) is 24.3 Å². The molecule has 2 aromatic carbocycles. The number of quaternary nitrogens is 1. The van der Waals surface area contributed by atoms with Crippen LogP contribution in [0.1, 0.15) is 28.8 Å². The number of rotatable bonds is 5. The molecule has 126 valence electrons. The molecule has 0 amide bonds. The van der Waals surface area contributed by atoms with Gasteiger partial charge in [-0.3, -0.25) is 4.79 Å². The second-order valence-electron chi connectivity index (χ2n) is 6.42. The molecule has 3 nitrogen and oxygen atoms in total. The molecule has 0 atom stereocenters. The van der Waals surface area contributed by atoms with Gasteiger partial charge in [0.25, 0.3) is 0 Å². The SMILES string of the molecule is COc1ccc(C[NH+]2CCC(C(=O)c3cccc(Cl)c3)CC2)cc1. The summed E-state index contributed by atoms with van der Waals surface area (Å²) in [5.74, 6) is 1.25. The fraction of sp³-hybridized carbons (Fsp3) is 0.350. The molecule has 4 heteroatoms. The lowest BCUT2D eigenvalue weighted by Gasteiger charge is -2.28. The van der Waals surface area contributed by atoms with Crippen LogP contribution < -0.4 is 9.64 Å². The van der Waals surface area contributed by atoms with Crippen LogP contribution >= 0.6 is 11.6 Å². The van der Waals surface area contributed by atoms with Gasteiger partial charge in [0.2, 0.25) is 0 Å². The van der Waals surface area contributed by atoms with E-state index in [2.05, 4.69) is 12.1 Å². The second-order valence-corrected chi connectivity index (χ2v) is 6.86. The van der Waals surface area contributed by atoms with Gasteiger partial charge in [0, 0.05) is 34.9 Å². The molecule has 0 spiro atoms. The van der Waals surface area contributed by atoms with E-state index in [0.29, 0.717) is 5.02 Å². The summed E-state index contributed by atoms with van der Waals surface area (Å²) in [6, 6.07) is 15.5. The third-order valence-corrected chi connectivity index (χ3v) is 5.02. The number of benzene rings is 2. The lowest BCUT2D eigenvalue weighted by atomic mass is 9.89. The van der Waals surface area contributed by atoms with Crippen LogP contribution in [0.25, 0.3) is 0 Å². The summed E-state index contributed by atoms with van der Waals surface area (Å²) in [5, 5.41) is 0.628. The van der Waals surface area contributed by atoms with Crippen molar-refractivity contribution in [3.63, 3.8) is 0 Å². The number of hydrogen-bond acceptors (Lipinski definition) is 2. The summed E-state index contributed by atoms with van der Waals surface area (Å²) in [5.41, 5.74) is 2.05. The third kappa shape index (κ3) is 4.16. The molecule has 1 aliphatic rings. The minimum Gasteiger partial charge on any atom is -0.497 e. The molecule has 1 aliphatic heterocycles. The van der Waals surface area contributed by atoms with Crippen LogP contribution in [0.15, 0.2) is 48.5 Å². The maximum Gasteiger partial charge on any atom is 0.166 e. The van der Waals surface area contributed by atoms with Gasteiger partial charge < -0.3 is 9.64 Å². The molecule has 1 heterocycles. The molecular formula is C20H23ClNO2+. The van der Waals surface area contributed by atoms with E-state index in [9.17, 15) is 4.79 Å². The number of Topliss-reactive ketones (excluding diaryl/α,β-unsaturated/α-hetero) is 1. The first-order chi connectivity index (χ1) is 11.7. The molecule has 0 radical (unpaired) electrons. The molecule has 0 aliphatic carbocycles. The van der Waals surface area contributed by atoms with Crippen LogP contribution in [0.5, 0.6) is 5.75 Å². The number of ketones is 1. The van der Waals surface area contributed by atoms with Crippen LogP contribution in [-0.4, -0.2) is 26.0 Å². The molecule has 0 aromatic heterocycles. The number of nitrogens with one attached hydrogen (secondary N) is 1. The van der Waals surface area contributed by atoms with Crippen LogP contribution in [0.4, 0.5) is 0 Å². The summed E-state index contributed by atoms with van der Waals surface area (Å²) in [6.45, 7) is 3.06. The smallest absolute Gasteiger partial charge is 0.166 e. The molecule has 24 heavy (non-hydrogen) atoms. The Bertz CT molecular complexity index is 691. The molecule has 1 fully saturated rings. The van der Waals surface area contributed by atoms with Gasteiger partial charge in [0.05, 0.1) is 20.2 Å². The molecular weight excluding hydrogens is 322 g/mol. The number of hydrogen-bond donors (Lipinski definition) is 1. The molecule has 1 N–H and O–H groups in total. The summed E-state index contributed by atoms with van der Waals surface area (Å²) < 4.78 is 5.20. The minimum atomic E-state index is 0.128. The average Bonchev–Trinajstić information content (AvgIpc) is 2.62. The van der Waals surface area contributed by atoms with Crippen molar-refractivity contribution >= 4 is 17.4 Å². The van der Waals surface area contributed by atoms with E-state index in [0.717, 1.165) is 43.8 Å². The fourth-order valence-electron chi connectivity index (χ4n) is 3.37.